The summed E-state index contributed by atoms with van der Waals surface area (Å²) in [6, 6.07) is 14.5. The first-order valence-corrected chi connectivity index (χ1v) is 7.31. The van der Waals surface area contributed by atoms with Crippen molar-refractivity contribution in [2.75, 3.05) is 25.6 Å². The second-order valence-electron chi connectivity index (χ2n) is 4.72. The molecular weight excluding hydrogens is 302 g/mol. The number of halogens is 1. The lowest BCUT2D eigenvalue weighted by Crippen LogP contribution is -2.14. The lowest BCUT2D eigenvalue weighted by molar-refractivity contribution is -0.115. The lowest BCUT2D eigenvalue weighted by atomic mass is 10.1. The van der Waals surface area contributed by atoms with Gasteiger partial charge in [0.05, 0.1) is 13.0 Å². The lowest BCUT2D eigenvalue weighted by Gasteiger charge is -2.08. The van der Waals surface area contributed by atoms with Crippen molar-refractivity contribution in [2.24, 2.45) is 0 Å². The third kappa shape index (κ3) is 5.39. The number of rotatable bonds is 7. The monoisotopic (exact) mass is 319 g/mol. The quantitative estimate of drug-likeness (QED) is 0.794. The van der Waals surface area contributed by atoms with Gasteiger partial charge in [-0.1, -0.05) is 23.7 Å². The van der Waals surface area contributed by atoms with E-state index in [0.29, 0.717) is 18.2 Å². The number of nitrogens with one attached hydrogen (secondary N) is 1. The summed E-state index contributed by atoms with van der Waals surface area (Å²) in [5, 5.41) is 3.47. The molecule has 0 fully saturated rings. The van der Waals surface area contributed by atoms with Gasteiger partial charge in [0.15, 0.2) is 0 Å². The molecule has 0 aliphatic rings. The molecule has 0 radical (unpaired) electrons. The normalized spacial score (nSPS) is 10.3. The van der Waals surface area contributed by atoms with Crippen molar-refractivity contribution < 1.29 is 14.3 Å². The number of benzene rings is 2. The van der Waals surface area contributed by atoms with E-state index in [1.54, 1.807) is 31.4 Å². The van der Waals surface area contributed by atoms with Crippen LogP contribution in [0.25, 0.3) is 0 Å². The maximum Gasteiger partial charge on any atom is 0.228 e. The Balaban J connectivity index is 1.86. The Morgan fingerprint density at radius 1 is 1.14 bits per heavy atom. The van der Waals surface area contributed by atoms with Gasteiger partial charge in [-0.15, -0.1) is 0 Å². The largest absolute Gasteiger partial charge is 0.491 e. The van der Waals surface area contributed by atoms with Crippen LogP contribution in [0.1, 0.15) is 5.56 Å². The minimum atomic E-state index is -0.0877. The fourth-order valence-electron chi connectivity index (χ4n) is 1.91. The SMILES string of the molecule is COCCOc1ccc(NC(=O)Cc2cccc(Cl)c2)cc1. The smallest absolute Gasteiger partial charge is 0.228 e. The fourth-order valence-corrected chi connectivity index (χ4v) is 2.13. The molecule has 0 aliphatic heterocycles. The van der Waals surface area contributed by atoms with Crippen LogP contribution in [0, 0.1) is 0 Å². The third-order valence-electron chi connectivity index (χ3n) is 2.95. The number of anilines is 1. The van der Waals surface area contributed by atoms with Gasteiger partial charge < -0.3 is 14.8 Å². The van der Waals surface area contributed by atoms with E-state index in [0.717, 1.165) is 17.0 Å². The second-order valence-corrected chi connectivity index (χ2v) is 5.16. The molecule has 0 saturated heterocycles. The van der Waals surface area contributed by atoms with Gasteiger partial charge in [0.2, 0.25) is 5.91 Å². The molecule has 1 N–H and O–H groups in total. The number of methoxy groups -OCH3 is 1. The summed E-state index contributed by atoms with van der Waals surface area (Å²) in [6.07, 6.45) is 0.284. The van der Waals surface area contributed by atoms with Gasteiger partial charge >= 0.3 is 0 Å². The summed E-state index contributed by atoms with van der Waals surface area (Å²) >= 11 is 5.90. The van der Waals surface area contributed by atoms with Gasteiger partial charge in [-0.25, -0.2) is 0 Å². The van der Waals surface area contributed by atoms with E-state index < -0.39 is 0 Å². The zero-order valence-corrected chi connectivity index (χ0v) is 13.1. The van der Waals surface area contributed by atoms with Crippen LogP contribution < -0.4 is 10.1 Å². The topological polar surface area (TPSA) is 47.6 Å². The van der Waals surface area contributed by atoms with Gasteiger partial charge in [-0.2, -0.15) is 0 Å². The Labute approximate surface area is 135 Å². The van der Waals surface area contributed by atoms with Crippen molar-refractivity contribution >= 4 is 23.2 Å². The van der Waals surface area contributed by atoms with Crippen molar-refractivity contribution in [3.05, 3.63) is 59.1 Å². The molecule has 0 heterocycles. The molecule has 116 valence electrons. The van der Waals surface area contributed by atoms with Crippen LogP contribution in [0.5, 0.6) is 5.75 Å². The van der Waals surface area contributed by atoms with Gasteiger partial charge in [-0.3, -0.25) is 4.79 Å². The molecule has 2 aromatic rings. The molecule has 4 nitrogen and oxygen atoms in total. The van der Waals surface area contributed by atoms with Crippen LogP contribution in [-0.2, 0) is 16.0 Å². The predicted octanol–water partition coefficient (Wildman–Crippen LogP) is 3.55. The van der Waals surface area contributed by atoms with E-state index in [9.17, 15) is 4.79 Å². The van der Waals surface area contributed by atoms with Crippen molar-refractivity contribution in [1.82, 2.24) is 0 Å². The van der Waals surface area contributed by atoms with Gasteiger partial charge in [0, 0.05) is 17.8 Å². The maximum absolute atomic E-state index is 12.0. The Morgan fingerprint density at radius 2 is 1.91 bits per heavy atom. The summed E-state index contributed by atoms with van der Waals surface area (Å²) in [4.78, 5) is 12.0. The van der Waals surface area contributed by atoms with Crippen molar-refractivity contribution in [3.8, 4) is 5.75 Å². The molecule has 5 heteroatoms. The minimum Gasteiger partial charge on any atom is -0.491 e. The third-order valence-corrected chi connectivity index (χ3v) is 3.18. The minimum absolute atomic E-state index is 0.0877. The summed E-state index contributed by atoms with van der Waals surface area (Å²) in [5.41, 5.74) is 1.61. The number of hydrogen-bond acceptors (Lipinski definition) is 3. The molecule has 22 heavy (non-hydrogen) atoms. The molecule has 1 amide bonds. The molecule has 0 bridgehead atoms. The second kappa shape index (κ2) is 8.41. The van der Waals surface area contributed by atoms with Crippen molar-refractivity contribution in [1.29, 1.82) is 0 Å². The number of hydrogen-bond donors (Lipinski definition) is 1. The first kappa shape index (κ1) is 16.3. The van der Waals surface area contributed by atoms with Gasteiger partial charge in [0.1, 0.15) is 12.4 Å². The number of ether oxygens (including phenoxy) is 2. The van der Waals surface area contributed by atoms with Gasteiger partial charge in [0.25, 0.3) is 0 Å². The van der Waals surface area contributed by atoms with E-state index in [1.807, 2.05) is 24.3 Å². The van der Waals surface area contributed by atoms with Gasteiger partial charge in [-0.05, 0) is 42.0 Å². The van der Waals surface area contributed by atoms with Crippen molar-refractivity contribution in [3.63, 3.8) is 0 Å². The molecule has 0 aromatic heterocycles. The Bertz CT molecular complexity index is 614. The highest BCUT2D eigenvalue weighted by Crippen LogP contribution is 2.16. The zero-order chi connectivity index (χ0) is 15.8. The first-order valence-electron chi connectivity index (χ1n) is 6.93. The van der Waals surface area contributed by atoms with Crippen LogP contribution in [0.4, 0.5) is 5.69 Å². The molecule has 0 atom stereocenters. The molecule has 0 spiro atoms. The molecular formula is C17H18ClNO3. The van der Waals surface area contributed by atoms with E-state index in [4.69, 9.17) is 21.1 Å². The molecule has 0 unspecified atom stereocenters. The Morgan fingerprint density at radius 3 is 2.59 bits per heavy atom. The highest BCUT2D eigenvalue weighted by Gasteiger charge is 2.05. The van der Waals surface area contributed by atoms with Crippen LogP contribution in [0.3, 0.4) is 0 Å². The summed E-state index contributed by atoms with van der Waals surface area (Å²) in [7, 11) is 1.63. The predicted molar refractivity (Wildman–Crippen MR) is 87.6 cm³/mol. The number of amides is 1. The highest BCUT2D eigenvalue weighted by atomic mass is 35.5. The average Bonchev–Trinajstić information content (AvgIpc) is 2.49. The Hall–Kier alpha value is -2.04. The summed E-state index contributed by atoms with van der Waals surface area (Å²) in [6.45, 7) is 1.04. The number of carbonyl (C=O) groups excluding carboxylic acids is 1. The van der Waals surface area contributed by atoms with Crippen molar-refractivity contribution in [2.45, 2.75) is 6.42 Å². The van der Waals surface area contributed by atoms with E-state index in [2.05, 4.69) is 5.32 Å². The fraction of sp³-hybridized carbons (Fsp3) is 0.235. The molecule has 0 aliphatic carbocycles. The van der Waals surface area contributed by atoms with E-state index in [-0.39, 0.29) is 12.3 Å². The van der Waals surface area contributed by atoms with Crippen LogP contribution in [0.15, 0.2) is 48.5 Å². The standard InChI is InChI=1S/C17H18ClNO3/c1-21-9-10-22-16-7-5-15(6-8-16)19-17(20)12-13-3-2-4-14(18)11-13/h2-8,11H,9-10,12H2,1H3,(H,19,20). The highest BCUT2D eigenvalue weighted by molar-refractivity contribution is 6.30. The van der Waals surface area contributed by atoms with E-state index in [1.165, 1.54) is 0 Å². The summed E-state index contributed by atoms with van der Waals surface area (Å²) in [5.74, 6) is 0.653. The maximum atomic E-state index is 12.0. The Kier molecular flexibility index (Phi) is 6.25. The summed E-state index contributed by atoms with van der Waals surface area (Å²) < 4.78 is 10.4. The zero-order valence-electron chi connectivity index (χ0n) is 12.3. The van der Waals surface area contributed by atoms with Crippen LogP contribution in [0.2, 0.25) is 5.02 Å². The molecule has 0 saturated carbocycles. The van der Waals surface area contributed by atoms with Crippen LogP contribution >= 0.6 is 11.6 Å². The first-order chi connectivity index (χ1) is 10.7. The van der Waals surface area contributed by atoms with Crippen LogP contribution in [-0.4, -0.2) is 26.2 Å². The average molecular weight is 320 g/mol. The molecule has 2 aromatic carbocycles. The molecule has 2 rings (SSSR count). The number of carbonyl (C=O) groups is 1. The van der Waals surface area contributed by atoms with E-state index >= 15 is 0 Å².